The van der Waals surface area contributed by atoms with Gasteiger partial charge in [0.2, 0.25) is 5.88 Å². The van der Waals surface area contributed by atoms with Crippen LogP contribution in [0.15, 0.2) is 29.3 Å². The Hall–Kier alpha value is -2.29. The lowest BCUT2D eigenvalue weighted by molar-refractivity contribution is 0.0241. The van der Waals surface area contributed by atoms with Crippen LogP contribution < -0.4 is 10.1 Å². The summed E-state index contributed by atoms with van der Waals surface area (Å²) in [4.78, 5) is 19.3. The third kappa shape index (κ3) is 4.19. The fraction of sp³-hybridized carbons (Fsp3) is 0.400. The molecule has 4 rings (SSSR count). The van der Waals surface area contributed by atoms with Gasteiger partial charge in [0.15, 0.2) is 0 Å². The predicted molar refractivity (Wildman–Crippen MR) is 112 cm³/mol. The van der Waals surface area contributed by atoms with Crippen LogP contribution in [0.3, 0.4) is 0 Å². The van der Waals surface area contributed by atoms with Gasteiger partial charge in [-0.1, -0.05) is 11.6 Å². The molecular formula is C20H22ClN3O4S. The van der Waals surface area contributed by atoms with Gasteiger partial charge in [-0.15, -0.1) is 11.3 Å². The highest BCUT2D eigenvalue weighted by Crippen LogP contribution is 2.38. The first kappa shape index (κ1) is 20.0. The Bertz CT molecular complexity index is 940. The van der Waals surface area contributed by atoms with Crippen molar-refractivity contribution >= 4 is 40.4 Å². The zero-order valence-corrected chi connectivity index (χ0v) is 17.8. The van der Waals surface area contributed by atoms with Crippen LogP contribution >= 0.6 is 22.9 Å². The molecular weight excluding hydrogens is 414 g/mol. The quantitative estimate of drug-likeness (QED) is 0.699. The second-order valence-corrected chi connectivity index (χ2v) is 8.20. The van der Waals surface area contributed by atoms with Crippen molar-refractivity contribution in [3.05, 3.63) is 44.9 Å². The molecule has 1 amide bonds. The molecule has 0 spiro atoms. The van der Waals surface area contributed by atoms with Gasteiger partial charge in [-0.3, -0.25) is 4.90 Å². The highest BCUT2D eigenvalue weighted by molar-refractivity contribution is 7.10. The Kier molecular flexibility index (Phi) is 5.94. The first-order chi connectivity index (χ1) is 14.1. The number of pyridine rings is 1. The lowest BCUT2D eigenvalue weighted by Gasteiger charge is -2.30. The summed E-state index contributed by atoms with van der Waals surface area (Å²) in [5.74, 6) is 0.441. The maximum absolute atomic E-state index is 12.3. The molecule has 2 aromatic heterocycles. The minimum atomic E-state index is -0.395. The molecule has 0 saturated carbocycles. The molecule has 1 saturated heterocycles. The minimum Gasteiger partial charge on any atom is -0.473 e. The van der Waals surface area contributed by atoms with E-state index in [4.69, 9.17) is 25.8 Å². The van der Waals surface area contributed by atoms with Crippen molar-refractivity contribution < 1.29 is 19.0 Å². The molecule has 0 bridgehead atoms. The van der Waals surface area contributed by atoms with Crippen LogP contribution in [0, 0.1) is 0 Å². The number of hydrogen-bond acceptors (Lipinski definition) is 7. The number of hydrogen-bond donors (Lipinski definition) is 1. The number of methoxy groups -OCH3 is 1. The number of carbonyl (C=O) groups is 1. The van der Waals surface area contributed by atoms with Crippen LogP contribution in [0.4, 0.5) is 10.5 Å². The van der Waals surface area contributed by atoms with Gasteiger partial charge in [-0.05, 0) is 30.5 Å². The Balaban J connectivity index is 1.67. The van der Waals surface area contributed by atoms with Crippen molar-refractivity contribution in [2.45, 2.75) is 32.4 Å². The number of thiophene rings is 1. The Morgan fingerprint density at radius 2 is 2.14 bits per heavy atom. The van der Waals surface area contributed by atoms with E-state index in [0.717, 1.165) is 34.7 Å². The van der Waals surface area contributed by atoms with E-state index in [-0.39, 0.29) is 6.10 Å². The number of carbonyl (C=O) groups excluding carboxylic acids is 1. The van der Waals surface area contributed by atoms with E-state index in [9.17, 15) is 4.79 Å². The lowest BCUT2D eigenvalue weighted by Crippen LogP contribution is -2.33. The van der Waals surface area contributed by atoms with E-state index in [2.05, 4.69) is 10.3 Å². The summed E-state index contributed by atoms with van der Waals surface area (Å²) < 4.78 is 16.5. The van der Waals surface area contributed by atoms with E-state index in [1.165, 1.54) is 7.11 Å². The molecule has 2 aliphatic heterocycles. The maximum atomic E-state index is 12.3. The number of halogens is 1. The molecule has 2 aliphatic rings. The van der Waals surface area contributed by atoms with E-state index >= 15 is 0 Å². The van der Waals surface area contributed by atoms with Gasteiger partial charge in [0.05, 0.1) is 32.6 Å². The molecule has 0 unspecified atom stereocenters. The van der Waals surface area contributed by atoms with E-state index in [1.807, 2.05) is 24.4 Å². The topological polar surface area (TPSA) is 72.9 Å². The SMILES string of the molecule is COC(=O)N1Cc2sccc2C(Nc2ccc(Cl)nc2OC2CCOCC2)=C1C. The predicted octanol–water partition coefficient (Wildman–Crippen LogP) is 4.74. The Labute approximate surface area is 178 Å². The van der Waals surface area contributed by atoms with Crippen LogP contribution in [0.2, 0.25) is 5.15 Å². The maximum Gasteiger partial charge on any atom is 0.414 e. The molecule has 1 N–H and O–H groups in total. The monoisotopic (exact) mass is 435 g/mol. The largest absolute Gasteiger partial charge is 0.473 e. The van der Waals surface area contributed by atoms with Crippen LogP contribution in [0.25, 0.3) is 5.70 Å². The summed E-state index contributed by atoms with van der Waals surface area (Å²) in [6, 6.07) is 5.60. The normalized spacial score (nSPS) is 17.1. The molecule has 9 heteroatoms. The van der Waals surface area contributed by atoms with Crippen molar-refractivity contribution in [3.63, 3.8) is 0 Å². The van der Waals surface area contributed by atoms with E-state index in [1.54, 1.807) is 22.3 Å². The fourth-order valence-corrected chi connectivity index (χ4v) is 4.45. The number of ether oxygens (including phenoxy) is 3. The Morgan fingerprint density at radius 3 is 2.90 bits per heavy atom. The van der Waals surface area contributed by atoms with Crippen molar-refractivity contribution in [2.24, 2.45) is 0 Å². The summed E-state index contributed by atoms with van der Waals surface area (Å²) in [6.45, 7) is 3.72. The summed E-state index contributed by atoms with van der Waals surface area (Å²) in [5.41, 5.74) is 3.34. The zero-order valence-electron chi connectivity index (χ0n) is 16.2. The summed E-state index contributed by atoms with van der Waals surface area (Å²) >= 11 is 7.73. The first-order valence-corrected chi connectivity index (χ1v) is 10.6. The van der Waals surface area contributed by atoms with E-state index in [0.29, 0.717) is 36.5 Å². The average Bonchev–Trinajstić information content (AvgIpc) is 3.20. The number of fused-ring (bicyclic) bond motifs is 1. The molecule has 2 aromatic rings. The van der Waals surface area contributed by atoms with Gasteiger partial charge < -0.3 is 19.5 Å². The average molecular weight is 436 g/mol. The van der Waals surface area contributed by atoms with Crippen molar-refractivity contribution in [1.82, 2.24) is 9.88 Å². The van der Waals surface area contributed by atoms with Crippen molar-refractivity contribution in [1.29, 1.82) is 0 Å². The van der Waals surface area contributed by atoms with Crippen LogP contribution in [0.5, 0.6) is 5.88 Å². The van der Waals surface area contributed by atoms with Gasteiger partial charge >= 0.3 is 6.09 Å². The highest BCUT2D eigenvalue weighted by atomic mass is 35.5. The molecule has 0 aromatic carbocycles. The number of allylic oxidation sites excluding steroid dienone is 1. The van der Waals surface area contributed by atoms with Crippen molar-refractivity contribution in [3.8, 4) is 5.88 Å². The highest BCUT2D eigenvalue weighted by Gasteiger charge is 2.29. The lowest BCUT2D eigenvalue weighted by atomic mass is 10.1. The fourth-order valence-electron chi connectivity index (χ4n) is 3.44. The molecule has 29 heavy (non-hydrogen) atoms. The number of rotatable bonds is 4. The number of aromatic nitrogens is 1. The van der Waals surface area contributed by atoms with Gasteiger partial charge in [-0.25, -0.2) is 4.79 Å². The number of amides is 1. The van der Waals surface area contributed by atoms with Crippen LogP contribution in [-0.4, -0.2) is 42.4 Å². The van der Waals surface area contributed by atoms with Gasteiger partial charge in [0, 0.05) is 29.0 Å². The minimum absolute atomic E-state index is 0.0278. The van der Waals surface area contributed by atoms with E-state index < -0.39 is 6.09 Å². The van der Waals surface area contributed by atoms with Crippen LogP contribution in [0.1, 0.15) is 30.2 Å². The van der Waals surface area contributed by atoms with Crippen LogP contribution in [-0.2, 0) is 16.0 Å². The third-order valence-corrected chi connectivity index (χ3v) is 6.13. The molecule has 0 atom stereocenters. The number of anilines is 1. The molecule has 4 heterocycles. The zero-order chi connectivity index (χ0) is 20.4. The number of nitrogens with zero attached hydrogens (tertiary/aromatic N) is 2. The van der Waals surface area contributed by atoms with Gasteiger partial charge in [0.1, 0.15) is 16.9 Å². The molecule has 154 valence electrons. The first-order valence-electron chi connectivity index (χ1n) is 9.38. The van der Waals surface area contributed by atoms with Gasteiger partial charge in [0.25, 0.3) is 0 Å². The third-order valence-electron chi connectivity index (χ3n) is 5.01. The number of nitrogens with one attached hydrogen (secondary N) is 1. The summed E-state index contributed by atoms with van der Waals surface area (Å²) in [7, 11) is 1.38. The standard InChI is InChI=1S/C20H22ClN3O4S/c1-12-18(14-7-10-29-16(14)11-24(12)20(25)26-2)22-15-3-4-17(21)23-19(15)28-13-5-8-27-9-6-13/h3-4,7,10,13,22H,5-6,8-9,11H2,1-2H3. The second kappa shape index (κ2) is 8.61. The summed E-state index contributed by atoms with van der Waals surface area (Å²) in [6.07, 6.45) is 1.24. The molecule has 1 fully saturated rings. The molecule has 0 radical (unpaired) electrons. The van der Waals surface area contributed by atoms with Crippen molar-refractivity contribution in [2.75, 3.05) is 25.6 Å². The van der Waals surface area contributed by atoms with Gasteiger partial charge in [-0.2, -0.15) is 4.98 Å². The smallest absolute Gasteiger partial charge is 0.414 e. The molecule has 0 aliphatic carbocycles. The Morgan fingerprint density at radius 1 is 1.34 bits per heavy atom. The second-order valence-electron chi connectivity index (χ2n) is 6.82. The summed E-state index contributed by atoms with van der Waals surface area (Å²) in [5, 5.41) is 5.80. The molecule has 7 nitrogen and oxygen atoms in total.